The molecule has 1 aliphatic rings. The van der Waals surface area contributed by atoms with Gasteiger partial charge in [0.2, 0.25) is 0 Å². The van der Waals surface area contributed by atoms with Gasteiger partial charge < -0.3 is 4.74 Å². The number of carbonyl (C=O) groups is 2. The van der Waals surface area contributed by atoms with Gasteiger partial charge in [-0.3, -0.25) is 9.59 Å². The Morgan fingerprint density at radius 2 is 2.17 bits per heavy atom. The van der Waals surface area contributed by atoms with Crippen LogP contribution in [0.15, 0.2) is 11.3 Å². The summed E-state index contributed by atoms with van der Waals surface area (Å²) >= 11 is 0. The van der Waals surface area contributed by atoms with Crippen molar-refractivity contribution in [2.45, 2.75) is 33.1 Å². The van der Waals surface area contributed by atoms with Gasteiger partial charge in [-0.05, 0) is 6.92 Å². The van der Waals surface area contributed by atoms with Crippen molar-refractivity contribution in [1.29, 1.82) is 0 Å². The first kappa shape index (κ1) is 8.97. The van der Waals surface area contributed by atoms with Crippen LogP contribution in [0, 0.1) is 0 Å². The third-order valence-electron chi connectivity index (χ3n) is 1.94. The van der Waals surface area contributed by atoms with E-state index in [4.69, 9.17) is 4.74 Å². The van der Waals surface area contributed by atoms with Crippen molar-refractivity contribution in [2.75, 3.05) is 0 Å². The molecule has 0 amide bonds. The Bertz CT molecular complexity index is 250. The molecule has 1 aliphatic carbocycles. The fourth-order valence-corrected chi connectivity index (χ4v) is 1.09. The standard InChI is InChI=1S/C9H12O3/c1-3-9(11)12-8-5-4-7(10)6(8)2/h3-5H2,1-2H3. The quantitative estimate of drug-likeness (QED) is 0.588. The van der Waals surface area contributed by atoms with Gasteiger partial charge in [-0.15, -0.1) is 0 Å². The molecular weight excluding hydrogens is 156 g/mol. The largest absolute Gasteiger partial charge is 0.431 e. The molecule has 66 valence electrons. The Morgan fingerprint density at radius 1 is 1.50 bits per heavy atom. The van der Waals surface area contributed by atoms with Crippen LogP contribution in [0.5, 0.6) is 0 Å². The number of Topliss-reactive ketones (excluding diaryl/α,β-unsaturated/α-hetero) is 1. The van der Waals surface area contributed by atoms with E-state index in [1.54, 1.807) is 13.8 Å². The fraction of sp³-hybridized carbons (Fsp3) is 0.556. The molecule has 0 aromatic carbocycles. The summed E-state index contributed by atoms with van der Waals surface area (Å²) in [6.07, 6.45) is 1.42. The number of hydrogen-bond donors (Lipinski definition) is 0. The van der Waals surface area contributed by atoms with Gasteiger partial charge in [-0.1, -0.05) is 6.92 Å². The minimum Gasteiger partial charge on any atom is -0.431 e. The molecule has 0 heterocycles. The molecule has 0 spiro atoms. The van der Waals surface area contributed by atoms with E-state index in [0.717, 1.165) is 0 Å². The van der Waals surface area contributed by atoms with Crippen molar-refractivity contribution in [3.05, 3.63) is 11.3 Å². The average molecular weight is 168 g/mol. The van der Waals surface area contributed by atoms with Gasteiger partial charge in [-0.25, -0.2) is 0 Å². The first-order valence-corrected chi connectivity index (χ1v) is 4.08. The van der Waals surface area contributed by atoms with E-state index in [1.165, 1.54) is 0 Å². The van der Waals surface area contributed by atoms with Crippen LogP contribution < -0.4 is 0 Å². The lowest BCUT2D eigenvalue weighted by atomic mass is 10.2. The highest BCUT2D eigenvalue weighted by Crippen LogP contribution is 2.23. The number of rotatable bonds is 2. The summed E-state index contributed by atoms with van der Waals surface area (Å²) in [5, 5.41) is 0. The van der Waals surface area contributed by atoms with Crippen LogP contribution in [0.3, 0.4) is 0 Å². The lowest BCUT2D eigenvalue weighted by Crippen LogP contribution is -2.02. The third kappa shape index (κ3) is 1.72. The lowest BCUT2D eigenvalue weighted by Gasteiger charge is -2.02. The van der Waals surface area contributed by atoms with Crippen LogP contribution in [0.2, 0.25) is 0 Å². The molecule has 1 rings (SSSR count). The minimum atomic E-state index is -0.265. The summed E-state index contributed by atoms with van der Waals surface area (Å²) in [6.45, 7) is 3.43. The van der Waals surface area contributed by atoms with E-state index in [2.05, 4.69) is 0 Å². The Hall–Kier alpha value is -1.12. The van der Waals surface area contributed by atoms with Crippen molar-refractivity contribution in [3.63, 3.8) is 0 Å². The number of ether oxygens (including phenoxy) is 1. The zero-order chi connectivity index (χ0) is 9.14. The van der Waals surface area contributed by atoms with Crippen molar-refractivity contribution in [2.24, 2.45) is 0 Å². The molecule has 12 heavy (non-hydrogen) atoms. The van der Waals surface area contributed by atoms with E-state index in [-0.39, 0.29) is 11.8 Å². The van der Waals surface area contributed by atoms with Crippen molar-refractivity contribution >= 4 is 11.8 Å². The van der Waals surface area contributed by atoms with Crippen LogP contribution in [0.4, 0.5) is 0 Å². The van der Waals surface area contributed by atoms with Gasteiger partial charge in [-0.2, -0.15) is 0 Å². The summed E-state index contributed by atoms with van der Waals surface area (Å²) in [4.78, 5) is 21.9. The third-order valence-corrected chi connectivity index (χ3v) is 1.94. The maximum atomic E-state index is 11.0. The van der Waals surface area contributed by atoms with Gasteiger partial charge in [0.25, 0.3) is 0 Å². The van der Waals surface area contributed by atoms with Gasteiger partial charge in [0, 0.05) is 24.8 Å². The molecular formula is C9H12O3. The molecule has 0 aromatic rings. The number of carbonyl (C=O) groups excluding carboxylic acids is 2. The highest BCUT2D eigenvalue weighted by atomic mass is 16.5. The second kappa shape index (κ2) is 3.52. The first-order valence-electron chi connectivity index (χ1n) is 4.08. The normalized spacial score (nSPS) is 17.0. The molecule has 0 aromatic heterocycles. The summed E-state index contributed by atoms with van der Waals surface area (Å²) in [6, 6.07) is 0. The molecule has 0 saturated heterocycles. The Balaban J connectivity index is 2.64. The fourth-order valence-electron chi connectivity index (χ4n) is 1.09. The zero-order valence-corrected chi connectivity index (χ0v) is 7.35. The summed E-state index contributed by atoms with van der Waals surface area (Å²) < 4.78 is 4.96. The predicted octanol–water partition coefficient (Wildman–Crippen LogP) is 1.58. The molecule has 0 atom stereocenters. The monoisotopic (exact) mass is 168 g/mol. The predicted molar refractivity (Wildman–Crippen MR) is 43.3 cm³/mol. The molecule has 0 saturated carbocycles. The highest BCUT2D eigenvalue weighted by Gasteiger charge is 2.21. The van der Waals surface area contributed by atoms with Crippen molar-refractivity contribution in [3.8, 4) is 0 Å². The molecule has 0 radical (unpaired) electrons. The van der Waals surface area contributed by atoms with E-state index in [1.807, 2.05) is 0 Å². The topological polar surface area (TPSA) is 43.4 Å². The van der Waals surface area contributed by atoms with Crippen LogP contribution in [0.25, 0.3) is 0 Å². The minimum absolute atomic E-state index is 0.0916. The van der Waals surface area contributed by atoms with Gasteiger partial charge in [0.1, 0.15) is 5.76 Å². The van der Waals surface area contributed by atoms with Gasteiger partial charge >= 0.3 is 5.97 Å². The Labute approximate surface area is 71.4 Å². The Morgan fingerprint density at radius 3 is 2.58 bits per heavy atom. The van der Waals surface area contributed by atoms with Crippen LogP contribution in [0.1, 0.15) is 33.1 Å². The zero-order valence-electron chi connectivity index (χ0n) is 7.35. The highest BCUT2D eigenvalue weighted by molar-refractivity contribution is 5.98. The molecule has 0 aliphatic heterocycles. The van der Waals surface area contributed by atoms with Crippen LogP contribution >= 0.6 is 0 Å². The van der Waals surface area contributed by atoms with E-state index >= 15 is 0 Å². The van der Waals surface area contributed by atoms with E-state index in [9.17, 15) is 9.59 Å². The second-order valence-electron chi connectivity index (χ2n) is 2.80. The maximum absolute atomic E-state index is 11.0. The molecule has 0 bridgehead atoms. The SMILES string of the molecule is CCC(=O)OC1=C(C)C(=O)CC1. The molecule has 3 nitrogen and oxygen atoms in total. The summed E-state index contributed by atoms with van der Waals surface area (Å²) in [5.41, 5.74) is 0.608. The molecule has 0 unspecified atom stereocenters. The van der Waals surface area contributed by atoms with E-state index < -0.39 is 0 Å². The summed E-state index contributed by atoms with van der Waals surface area (Å²) in [7, 11) is 0. The van der Waals surface area contributed by atoms with E-state index in [0.29, 0.717) is 30.6 Å². The molecule has 0 fully saturated rings. The maximum Gasteiger partial charge on any atom is 0.310 e. The molecule has 3 heteroatoms. The average Bonchev–Trinajstić information content (AvgIpc) is 2.36. The second-order valence-corrected chi connectivity index (χ2v) is 2.80. The van der Waals surface area contributed by atoms with Crippen molar-refractivity contribution < 1.29 is 14.3 Å². The van der Waals surface area contributed by atoms with Gasteiger partial charge in [0.15, 0.2) is 5.78 Å². The van der Waals surface area contributed by atoms with Gasteiger partial charge in [0.05, 0.1) is 0 Å². The van der Waals surface area contributed by atoms with Crippen LogP contribution in [-0.2, 0) is 14.3 Å². The Kier molecular flexibility index (Phi) is 2.63. The summed E-state index contributed by atoms with van der Waals surface area (Å²) in [5.74, 6) is 0.389. The molecule has 0 N–H and O–H groups in total. The lowest BCUT2D eigenvalue weighted by molar-refractivity contribution is -0.139. The number of esters is 1. The number of ketones is 1. The van der Waals surface area contributed by atoms with Crippen LogP contribution in [-0.4, -0.2) is 11.8 Å². The number of allylic oxidation sites excluding steroid dienone is 2. The smallest absolute Gasteiger partial charge is 0.310 e. The number of hydrogen-bond acceptors (Lipinski definition) is 3. The first-order chi connectivity index (χ1) is 5.65. The van der Waals surface area contributed by atoms with Crippen molar-refractivity contribution in [1.82, 2.24) is 0 Å².